The Bertz CT molecular complexity index is 1800. The standard InChI is InChI=1S/C27H23N5O5S2/c1-31(2)25(33)16-7-5-15(6-8-16)24-29-17(14-38-24)13-36-21-9-18(34-3)10-22-19(21)11-23(37-22)20-12-28-26-32(20)30-27(35-4)39-26/h5-12,14H,13H2,1-4H3. The van der Waals surface area contributed by atoms with E-state index in [2.05, 4.69) is 10.1 Å². The summed E-state index contributed by atoms with van der Waals surface area (Å²) < 4.78 is 24.8. The van der Waals surface area contributed by atoms with Gasteiger partial charge in [0.1, 0.15) is 34.4 Å². The molecule has 0 saturated heterocycles. The Morgan fingerprint density at radius 1 is 1.10 bits per heavy atom. The van der Waals surface area contributed by atoms with E-state index in [1.54, 1.807) is 43.9 Å². The molecule has 0 unspecified atom stereocenters. The molecule has 4 aromatic heterocycles. The number of thiazole rings is 1. The fraction of sp³-hybridized carbons (Fsp3) is 0.185. The molecule has 4 heterocycles. The van der Waals surface area contributed by atoms with Crippen LogP contribution in [-0.4, -0.2) is 58.7 Å². The summed E-state index contributed by atoms with van der Waals surface area (Å²) in [5.41, 5.74) is 3.68. The van der Waals surface area contributed by atoms with E-state index in [9.17, 15) is 4.79 Å². The van der Waals surface area contributed by atoms with Crippen LogP contribution < -0.4 is 14.2 Å². The lowest BCUT2D eigenvalue weighted by atomic mass is 10.1. The van der Waals surface area contributed by atoms with E-state index in [4.69, 9.17) is 23.6 Å². The normalized spacial score (nSPS) is 11.3. The molecule has 0 atom stereocenters. The van der Waals surface area contributed by atoms with Crippen molar-refractivity contribution in [2.75, 3.05) is 28.3 Å². The molecule has 0 aliphatic heterocycles. The fourth-order valence-corrected chi connectivity index (χ4v) is 5.55. The molecule has 6 rings (SSSR count). The van der Waals surface area contributed by atoms with Gasteiger partial charge in [0, 0.05) is 42.7 Å². The van der Waals surface area contributed by atoms with Gasteiger partial charge in [-0.05, 0) is 29.5 Å². The van der Waals surface area contributed by atoms with Gasteiger partial charge >= 0.3 is 0 Å². The summed E-state index contributed by atoms with van der Waals surface area (Å²) in [5.74, 6) is 1.77. The number of carbonyl (C=O) groups is 1. The molecular weight excluding hydrogens is 538 g/mol. The predicted octanol–water partition coefficient (Wildman–Crippen LogP) is 5.63. The summed E-state index contributed by atoms with van der Waals surface area (Å²) >= 11 is 2.87. The van der Waals surface area contributed by atoms with Crippen LogP contribution in [0.4, 0.5) is 0 Å². The van der Waals surface area contributed by atoms with E-state index < -0.39 is 0 Å². The molecule has 0 aliphatic carbocycles. The fourth-order valence-electron chi connectivity index (χ4n) is 4.04. The van der Waals surface area contributed by atoms with E-state index >= 15 is 0 Å². The maximum Gasteiger partial charge on any atom is 0.294 e. The summed E-state index contributed by atoms with van der Waals surface area (Å²) in [6.45, 7) is 0.261. The van der Waals surface area contributed by atoms with Crippen LogP contribution in [0.15, 0.2) is 58.5 Å². The second kappa shape index (κ2) is 10.0. The number of aromatic nitrogens is 4. The third-order valence-corrected chi connectivity index (χ3v) is 7.84. The van der Waals surface area contributed by atoms with Crippen molar-refractivity contribution in [1.82, 2.24) is 24.5 Å². The molecule has 0 fully saturated rings. The molecule has 198 valence electrons. The Morgan fingerprint density at radius 3 is 2.67 bits per heavy atom. The Morgan fingerprint density at radius 2 is 1.92 bits per heavy atom. The first-order valence-electron chi connectivity index (χ1n) is 11.8. The van der Waals surface area contributed by atoms with Crippen molar-refractivity contribution in [3.8, 4) is 38.7 Å². The molecular formula is C27H23N5O5S2. The predicted molar refractivity (Wildman–Crippen MR) is 149 cm³/mol. The van der Waals surface area contributed by atoms with Crippen molar-refractivity contribution in [2.24, 2.45) is 0 Å². The molecule has 12 heteroatoms. The Hall–Kier alpha value is -4.42. The quantitative estimate of drug-likeness (QED) is 0.236. The van der Waals surface area contributed by atoms with Crippen LogP contribution in [0, 0.1) is 0 Å². The number of hydrogen-bond acceptors (Lipinski definition) is 10. The van der Waals surface area contributed by atoms with Gasteiger partial charge in [0.05, 0.1) is 31.5 Å². The number of benzene rings is 2. The van der Waals surface area contributed by atoms with Crippen molar-refractivity contribution < 1.29 is 23.4 Å². The monoisotopic (exact) mass is 561 g/mol. The van der Waals surface area contributed by atoms with E-state index in [-0.39, 0.29) is 12.5 Å². The van der Waals surface area contributed by atoms with Crippen molar-refractivity contribution in [3.05, 3.63) is 65.3 Å². The number of fused-ring (bicyclic) bond motifs is 2. The molecule has 39 heavy (non-hydrogen) atoms. The molecule has 0 bridgehead atoms. The number of rotatable bonds is 8. The van der Waals surface area contributed by atoms with Gasteiger partial charge in [0.25, 0.3) is 11.1 Å². The summed E-state index contributed by atoms with van der Waals surface area (Å²) in [7, 11) is 6.64. The molecule has 1 amide bonds. The third kappa shape index (κ3) is 4.68. The molecule has 6 aromatic rings. The van der Waals surface area contributed by atoms with Crippen LogP contribution in [0.5, 0.6) is 16.7 Å². The molecule has 10 nitrogen and oxygen atoms in total. The van der Waals surface area contributed by atoms with Crippen LogP contribution in [0.2, 0.25) is 0 Å². The number of ether oxygens (including phenoxy) is 3. The van der Waals surface area contributed by atoms with Crippen molar-refractivity contribution in [1.29, 1.82) is 0 Å². The second-order valence-corrected chi connectivity index (χ2v) is 10.5. The number of nitrogens with zero attached hydrogens (tertiary/aromatic N) is 5. The Balaban J connectivity index is 1.25. The zero-order valence-corrected chi connectivity index (χ0v) is 23.1. The minimum atomic E-state index is -0.0363. The topological polar surface area (TPSA) is 104 Å². The highest BCUT2D eigenvalue weighted by atomic mass is 32.1. The lowest BCUT2D eigenvalue weighted by Crippen LogP contribution is -2.21. The zero-order chi connectivity index (χ0) is 27.1. The van der Waals surface area contributed by atoms with Crippen molar-refractivity contribution >= 4 is 44.5 Å². The van der Waals surface area contributed by atoms with Gasteiger partial charge in [-0.15, -0.1) is 16.4 Å². The van der Waals surface area contributed by atoms with Gasteiger partial charge in [0.15, 0.2) is 5.76 Å². The van der Waals surface area contributed by atoms with E-state index in [0.717, 1.165) is 21.7 Å². The lowest BCUT2D eigenvalue weighted by molar-refractivity contribution is 0.0827. The van der Waals surface area contributed by atoms with Crippen LogP contribution in [0.3, 0.4) is 0 Å². The second-order valence-electron chi connectivity index (χ2n) is 8.77. The first-order valence-corrected chi connectivity index (χ1v) is 13.5. The third-order valence-electron chi connectivity index (χ3n) is 6.01. The summed E-state index contributed by atoms with van der Waals surface area (Å²) in [4.78, 5) is 23.6. The van der Waals surface area contributed by atoms with Gasteiger partial charge in [-0.2, -0.15) is 4.52 Å². The first-order chi connectivity index (χ1) is 18.9. The largest absolute Gasteiger partial charge is 0.496 e. The van der Waals surface area contributed by atoms with Gasteiger partial charge in [-0.1, -0.05) is 12.1 Å². The van der Waals surface area contributed by atoms with Crippen LogP contribution >= 0.6 is 22.7 Å². The molecule has 2 aromatic carbocycles. The lowest BCUT2D eigenvalue weighted by Gasteiger charge is -2.10. The SMILES string of the molecule is COc1cc(OCc2csc(-c3ccc(C(=O)N(C)C)cc3)n2)c2cc(-c3cnc4sc(OC)nn34)oc2c1. The van der Waals surface area contributed by atoms with Gasteiger partial charge in [-0.25, -0.2) is 9.97 Å². The van der Waals surface area contributed by atoms with E-state index in [1.807, 2.05) is 47.8 Å². The highest BCUT2D eigenvalue weighted by Crippen LogP contribution is 2.38. The van der Waals surface area contributed by atoms with Crippen molar-refractivity contribution in [3.63, 3.8) is 0 Å². The zero-order valence-electron chi connectivity index (χ0n) is 21.5. The maximum atomic E-state index is 12.2. The number of methoxy groups -OCH3 is 2. The molecule has 0 saturated carbocycles. The molecule has 0 spiro atoms. The Labute approximate surface area is 231 Å². The summed E-state index contributed by atoms with van der Waals surface area (Å²) in [5, 5.41) is 8.55. The van der Waals surface area contributed by atoms with E-state index in [0.29, 0.717) is 44.3 Å². The molecule has 0 N–H and O–H groups in total. The van der Waals surface area contributed by atoms with Gasteiger partial charge in [-0.3, -0.25) is 4.79 Å². The van der Waals surface area contributed by atoms with Crippen molar-refractivity contribution in [2.45, 2.75) is 6.61 Å². The van der Waals surface area contributed by atoms with Crippen LogP contribution in [0.25, 0.3) is 38.0 Å². The molecule has 0 radical (unpaired) electrons. The van der Waals surface area contributed by atoms with E-state index in [1.165, 1.54) is 22.7 Å². The first kappa shape index (κ1) is 24.9. The number of imidazole rings is 1. The molecule has 0 aliphatic rings. The number of hydrogen-bond donors (Lipinski definition) is 0. The average Bonchev–Trinajstić information content (AvgIpc) is 3.74. The smallest absolute Gasteiger partial charge is 0.294 e. The number of furan rings is 1. The van der Waals surface area contributed by atoms with Crippen LogP contribution in [-0.2, 0) is 6.61 Å². The highest BCUT2D eigenvalue weighted by Gasteiger charge is 2.19. The minimum Gasteiger partial charge on any atom is -0.496 e. The van der Waals surface area contributed by atoms with Gasteiger partial charge in [0.2, 0.25) is 4.96 Å². The highest BCUT2D eigenvalue weighted by molar-refractivity contribution is 7.18. The average molecular weight is 562 g/mol. The summed E-state index contributed by atoms with van der Waals surface area (Å²) in [6, 6.07) is 13.0. The maximum absolute atomic E-state index is 12.2. The van der Waals surface area contributed by atoms with Crippen LogP contribution in [0.1, 0.15) is 16.1 Å². The Kier molecular flexibility index (Phi) is 6.41. The minimum absolute atomic E-state index is 0.0363. The number of carbonyl (C=O) groups excluding carboxylic acids is 1. The summed E-state index contributed by atoms with van der Waals surface area (Å²) in [6.07, 6.45) is 1.72. The van der Waals surface area contributed by atoms with Gasteiger partial charge < -0.3 is 23.5 Å². The number of amides is 1.